The molecule has 0 N–H and O–H groups in total. The number of pyridine rings is 1. The highest BCUT2D eigenvalue weighted by Gasteiger charge is 2.31. The first kappa shape index (κ1) is 18.7. The van der Waals surface area contributed by atoms with Crippen LogP contribution in [0.5, 0.6) is 0 Å². The van der Waals surface area contributed by atoms with E-state index in [2.05, 4.69) is 46.6 Å². The largest absolute Gasteiger partial charge is 0.371 e. The van der Waals surface area contributed by atoms with Crippen LogP contribution in [0.1, 0.15) is 55.5 Å². The van der Waals surface area contributed by atoms with Crippen molar-refractivity contribution in [3.05, 3.63) is 59.9 Å². The molecule has 1 aliphatic rings. The maximum Gasteiger partial charge on any atom is 0.150 e. The number of benzene rings is 1. The molecule has 3 heterocycles. The van der Waals surface area contributed by atoms with Crippen molar-refractivity contribution in [3.8, 4) is 0 Å². The lowest BCUT2D eigenvalue weighted by atomic mass is 9.74. The summed E-state index contributed by atoms with van der Waals surface area (Å²) in [5.41, 5.74) is 4.74. The van der Waals surface area contributed by atoms with Gasteiger partial charge in [0.15, 0.2) is 0 Å². The predicted octanol–water partition coefficient (Wildman–Crippen LogP) is 5.30. The standard InChI is InChI=1S/C24H29N3O/c1-3-24(4-2)11-15-26(16-12-24)22-9-13-25-23-21(22)10-14-27(23)17-19-5-7-20(18-28)8-6-19/h5-10,13-14,18H,3-4,11-12,15-17H2,1-2H3. The average Bonchev–Trinajstić information content (AvgIpc) is 3.17. The van der Waals surface area contributed by atoms with E-state index in [1.807, 2.05) is 30.5 Å². The average molecular weight is 376 g/mol. The summed E-state index contributed by atoms with van der Waals surface area (Å²) in [7, 11) is 0. The molecule has 4 heteroatoms. The summed E-state index contributed by atoms with van der Waals surface area (Å²) in [4.78, 5) is 18.1. The van der Waals surface area contributed by atoms with Crippen LogP contribution in [0.25, 0.3) is 11.0 Å². The number of hydrogen-bond acceptors (Lipinski definition) is 3. The summed E-state index contributed by atoms with van der Waals surface area (Å²) < 4.78 is 2.20. The Kier molecular flexibility index (Phi) is 5.21. The normalized spacial score (nSPS) is 16.4. The maximum absolute atomic E-state index is 10.9. The second kappa shape index (κ2) is 7.78. The Labute approximate surface area is 167 Å². The predicted molar refractivity (Wildman–Crippen MR) is 115 cm³/mol. The fourth-order valence-electron chi connectivity index (χ4n) is 4.56. The number of nitrogens with zero attached hydrogens (tertiary/aromatic N) is 3. The van der Waals surface area contributed by atoms with Crippen LogP contribution in [-0.4, -0.2) is 28.9 Å². The molecule has 1 aliphatic heterocycles. The van der Waals surface area contributed by atoms with Crippen LogP contribution in [-0.2, 0) is 6.54 Å². The highest BCUT2D eigenvalue weighted by molar-refractivity contribution is 5.90. The molecule has 0 radical (unpaired) electrons. The lowest BCUT2D eigenvalue weighted by Crippen LogP contribution is -2.39. The van der Waals surface area contributed by atoms with Crippen molar-refractivity contribution in [1.29, 1.82) is 0 Å². The molecule has 0 aliphatic carbocycles. The van der Waals surface area contributed by atoms with Gasteiger partial charge in [-0.1, -0.05) is 51.0 Å². The van der Waals surface area contributed by atoms with Crippen molar-refractivity contribution >= 4 is 23.0 Å². The van der Waals surface area contributed by atoms with Crippen LogP contribution in [0.2, 0.25) is 0 Å². The van der Waals surface area contributed by atoms with Crippen molar-refractivity contribution in [2.24, 2.45) is 5.41 Å². The minimum absolute atomic E-state index is 0.530. The van der Waals surface area contributed by atoms with Gasteiger partial charge in [-0.05, 0) is 36.0 Å². The number of rotatable bonds is 6. The summed E-state index contributed by atoms with van der Waals surface area (Å²) in [6.07, 6.45) is 10.0. The van der Waals surface area contributed by atoms with Crippen LogP contribution in [0.4, 0.5) is 5.69 Å². The Morgan fingerprint density at radius 1 is 1.04 bits per heavy atom. The van der Waals surface area contributed by atoms with Gasteiger partial charge in [-0.2, -0.15) is 0 Å². The third kappa shape index (κ3) is 3.44. The van der Waals surface area contributed by atoms with E-state index in [4.69, 9.17) is 0 Å². The molecule has 2 aromatic heterocycles. The van der Waals surface area contributed by atoms with E-state index in [1.165, 1.54) is 42.3 Å². The Morgan fingerprint density at radius 2 is 1.75 bits per heavy atom. The summed E-state index contributed by atoms with van der Waals surface area (Å²) in [5.74, 6) is 0. The molecule has 4 rings (SSSR count). The molecule has 0 spiro atoms. The number of anilines is 1. The van der Waals surface area contributed by atoms with E-state index < -0.39 is 0 Å². The smallest absolute Gasteiger partial charge is 0.150 e. The number of aromatic nitrogens is 2. The van der Waals surface area contributed by atoms with E-state index in [0.717, 1.165) is 31.6 Å². The molecule has 0 amide bonds. The fraction of sp³-hybridized carbons (Fsp3) is 0.417. The molecule has 0 saturated carbocycles. The van der Waals surface area contributed by atoms with Gasteiger partial charge in [-0.15, -0.1) is 0 Å². The quantitative estimate of drug-likeness (QED) is 0.549. The minimum Gasteiger partial charge on any atom is -0.371 e. The molecule has 0 bridgehead atoms. The van der Waals surface area contributed by atoms with Crippen LogP contribution in [0, 0.1) is 5.41 Å². The molecule has 1 saturated heterocycles. The second-order valence-electron chi connectivity index (χ2n) is 8.06. The molecule has 146 valence electrons. The van der Waals surface area contributed by atoms with Crippen molar-refractivity contribution < 1.29 is 4.79 Å². The first-order valence-corrected chi connectivity index (χ1v) is 10.4. The maximum atomic E-state index is 10.9. The number of aldehydes is 1. The number of piperidine rings is 1. The number of fused-ring (bicyclic) bond motifs is 1. The Balaban J connectivity index is 1.57. The molecule has 1 aromatic carbocycles. The minimum atomic E-state index is 0.530. The van der Waals surface area contributed by atoms with Gasteiger partial charge < -0.3 is 9.47 Å². The second-order valence-corrected chi connectivity index (χ2v) is 8.06. The monoisotopic (exact) mass is 375 g/mol. The van der Waals surface area contributed by atoms with Gasteiger partial charge in [0.1, 0.15) is 11.9 Å². The van der Waals surface area contributed by atoms with Gasteiger partial charge in [0.05, 0.1) is 0 Å². The zero-order valence-electron chi connectivity index (χ0n) is 16.9. The Hall–Kier alpha value is -2.62. The Morgan fingerprint density at radius 3 is 2.39 bits per heavy atom. The van der Waals surface area contributed by atoms with E-state index in [9.17, 15) is 4.79 Å². The first-order valence-electron chi connectivity index (χ1n) is 10.4. The summed E-state index contributed by atoms with van der Waals surface area (Å²) in [5, 5.41) is 1.23. The van der Waals surface area contributed by atoms with E-state index in [0.29, 0.717) is 11.0 Å². The van der Waals surface area contributed by atoms with Gasteiger partial charge in [0.25, 0.3) is 0 Å². The zero-order chi connectivity index (χ0) is 19.6. The molecule has 1 fully saturated rings. The van der Waals surface area contributed by atoms with E-state index in [-0.39, 0.29) is 0 Å². The molecular weight excluding hydrogens is 346 g/mol. The van der Waals surface area contributed by atoms with E-state index >= 15 is 0 Å². The lowest BCUT2D eigenvalue weighted by Gasteiger charge is -2.42. The Bertz CT molecular complexity index is 944. The lowest BCUT2D eigenvalue weighted by molar-refractivity contribution is 0.112. The molecule has 0 unspecified atom stereocenters. The van der Waals surface area contributed by atoms with Crippen molar-refractivity contribution in [1.82, 2.24) is 9.55 Å². The third-order valence-corrected chi connectivity index (χ3v) is 6.77. The third-order valence-electron chi connectivity index (χ3n) is 6.77. The van der Waals surface area contributed by atoms with Gasteiger partial charge in [-0.25, -0.2) is 4.98 Å². The van der Waals surface area contributed by atoms with Gasteiger partial charge in [0.2, 0.25) is 0 Å². The molecule has 0 atom stereocenters. The molecule has 28 heavy (non-hydrogen) atoms. The molecular formula is C24H29N3O. The van der Waals surface area contributed by atoms with Crippen LogP contribution >= 0.6 is 0 Å². The van der Waals surface area contributed by atoms with E-state index in [1.54, 1.807) is 0 Å². The highest BCUT2D eigenvalue weighted by Crippen LogP contribution is 2.40. The summed E-state index contributed by atoms with van der Waals surface area (Å²) in [6, 6.07) is 12.1. The molecule has 3 aromatic rings. The SMILES string of the molecule is CCC1(CC)CCN(c2ccnc3c2ccn3Cc2ccc(C=O)cc2)CC1. The molecule has 4 nitrogen and oxygen atoms in total. The summed E-state index contributed by atoms with van der Waals surface area (Å²) in [6.45, 7) is 7.68. The summed E-state index contributed by atoms with van der Waals surface area (Å²) >= 11 is 0. The zero-order valence-corrected chi connectivity index (χ0v) is 16.9. The number of carbonyl (C=O) groups is 1. The number of carbonyl (C=O) groups excluding carboxylic acids is 1. The first-order chi connectivity index (χ1) is 13.7. The van der Waals surface area contributed by atoms with Crippen LogP contribution in [0.15, 0.2) is 48.8 Å². The fourth-order valence-corrected chi connectivity index (χ4v) is 4.56. The van der Waals surface area contributed by atoms with Crippen molar-refractivity contribution in [2.75, 3.05) is 18.0 Å². The van der Waals surface area contributed by atoms with Gasteiger partial charge in [0, 0.05) is 48.7 Å². The number of hydrogen-bond donors (Lipinski definition) is 0. The highest BCUT2D eigenvalue weighted by atomic mass is 16.1. The van der Waals surface area contributed by atoms with Crippen molar-refractivity contribution in [3.63, 3.8) is 0 Å². The van der Waals surface area contributed by atoms with Crippen LogP contribution < -0.4 is 4.90 Å². The van der Waals surface area contributed by atoms with Gasteiger partial charge in [-0.3, -0.25) is 4.79 Å². The van der Waals surface area contributed by atoms with Crippen molar-refractivity contribution in [2.45, 2.75) is 46.1 Å². The van der Waals surface area contributed by atoms with Gasteiger partial charge >= 0.3 is 0 Å². The van der Waals surface area contributed by atoms with Crippen LogP contribution in [0.3, 0.4) is 0 Å². The topological polar surface area (TPSA) is 38.1 Å².